The first-order valence-electron chi connectivity index (χ1n) is 8.87. The van der Waals surface area contributed by atoms with Gasteiger partial charge in [0.2, 0.25) is 0 Å². The molecular weight excluding hydrogens is 346 g/mol. The van der Waals surface area contributed by atoms with Gasteiger partial charge in [0.1, 0.15) is 5.75 Å². The van der Waals surface area contributed by atoms with E-state index in [0.29, 0.717) is 17.6 Å². The van der Waals surface area contributed by atoms with Gasteiger partial charge in [0, 0.05) is 0 Å². The zero-order chi connectivity index (χ0) is 19.1. The lowest BCUT2D eigenvalue weighted by Crippen LogP contribution is -2.34. The molecule has 6 nitrogen and oxygen atoms in total. The minimum atomic E-state index is -0.671. The Kier molecular flexibility index (Phi) is 6.20. The Balaban J connectivity index is 1.45. The number of fused-ring (bicyclic) bond motifs is 1. The van der Waals surface area contributed by atoms with Crippen LogP contribution in [-0.2, 0) is 20.7 Å². The number of hydrogen-bond acceptors (Lipinski definition) is 5. The lowest BCUT2D eigenvalue weighted by molar-refractivity contribution is -0.150. The second kappa shape index (κ2) is 8.98. The van der Waals surface area contributed by atoms with Crippen molar-refractivity contribution in [1.29, 1.82) is 0 Å². The van der Waals surface area contributed by atoms with Crippen molar-refractivity contribution in [1.82, 2.24) is 5.32 Å². The smallest absolute Gasteiger partial charge is 0.344 e. The highest BCUT2D eigenvalue weighted by Crippen LogP contribution is 2.29. The molecule has 0 unspecified atom stereocenters. The van der Waals surface area contributed by atoms with Gasteiger partial charge in [-0.2, -0.15) is 0 Å². The number of benzene rings is 2. The number of carbonyl (C=O) groups is 3. The molecule has 0 bridgehead atoms. The van der Waals surface area contributed by atoms with Crippen molar-refractivity contribution in [2.45, 2.75) is 25.3 Å². The summed E-state index contributed by atoms with van der Waals surface area (Å²) in [5.74, 6) is -0.721. The molecule has 6 heteroatoms. The third-order valence-electron chi connectivity index (χ3n) is 4.46. The molecule has 1 atom stereocenters. The van der Waals surface area contributed by atoms with Crippen LogP contribution in [0.4, 0.5) is 0 Å². The molecule has 0 spiro atoms. The number of para-hydroxylation sites is 1. The van der Waals surface area contributed by atoms with Crippen molar-refractivity contribution >= 4 is 18.2 Å². The highest BCUT2D eigenvalue weighted by Gasteiger charge is 2.21. The van der Waals surface area contributed by atoms with Crippen LogP contribution in [0.15, 0.2) is 48.5 Å². The highest BCUT2D eigenvalue weighted by atomic mass is 16.6. The normalized spacial score (nSPS) is 15.3. The van der Waals surface area contributed by atoms with E-state index in [1.807, 2.05) is 18.2 Å². The van der Waals surface area contributed by atoms with Crippen molar-refractivity contribution in [3.8, 4) is 5.75 Å². The summed E-state index contributed by atoms with van der Waals surface area (Å²) >= 11 is 0. The Labute approximate surface area is 157 Å². The van der Waals surface area contributed by atoms with Gasteiger partial charge in [-0.1, -0.05) is 36.4 Å². The zero-order valence-electron chi connectivity index (χ0n) is 14.9. The molecule has 1 aliphatic rings. The van der Waals surface area contributed by atoms with Crippen LogP contribution in [0.3, 0.4) is 0 Å². The Bertz CT molecular complexity index is 833. The Hall–Kier alpha value is -3.15. The van der Waals surface area contributed by atoms with Gasteiger partial charge in [-0.25, -0.2) is 4.79 Å². The van der Waals surface area contributed by atoms with E-state index in [1.54, 1.807) is 24.3 Å². The first-order valence-corrected chi connectivity index (χ1v) is 8.87. The van der Waals surface area contributed by atoms with Crippen LogP contribution in [0.1, 0.15) is 40.4 Å². The fraction of sp³-hybridized carbons (Fsp3) is 0.286. The summed E-state index contributed by atoms with van der Waals surface area (Å²) in [4.78, 5) is 34.8. The summed E-state index contributed by atoms with van der Waals surface area (Å²) in [6.45, 7) is -0.736. The second-order valence-corrected chi connectivity index (χ2v) is 6.32. The molecule has 0 radical (unpaired) electrons. The minimum Gasteiger partial charge on any atom is -0.481 e. The largest absolute Gasteiger partial charge is 0.481 e. The standard InChI is InChI=1S/C21H21NO5/c23-12-16-7-2-4-11-19(16)26-14-21(25)27-13-20(24)22-18-10-5-8-15-6-1-3-9-17(15)18/h1-4,6-7,9,11-12,18H,5,8,10,13-14H2,(H,22,24)/t18-/m0/s1. The number of carbonyl (C=O) groups excluding carboxylic acids is 3. The van der Waals surface area contributed by atoms with E-state index >= 15 is 0 Å². The van der Waals surface area contributed by atoms with Crippen molar-refractivity contribution in [3.05, 3.63) is 65.2 Å². The molecular formula is C21H21NO5. The molecule has 0 fully saturated rings. The monoisotopic (exact) mass is 367 g/mol. The van der Waals surface area contributed by atoms with Crippen LogP contribution in [0, 0.1) is 0 Å². The lowest BCUT2D eigenvalue weighted by Gasteiger charge is -2.26. The second-order valence-electron chi connectivity index (χ2n) is 6.32. The van der Waals surface area contributed by atoms with Crippen molar-refractivity contribution in [2.24, 2.45) is 0 Å². The van der Waals surface area contributed by atoms with E-state index in [1.165, 1.54) is 5.56 Å². The average molecular weight is 367 g/mol. The van der Waals surface area contributed by atoms with E-state index in [0.717, 1.165) is 24.8 Å². The van der Waals surface area contributed by atoms with Gasteiger partial charge in [-0.15, -0.1) is 0 Å². The predicted molar refractivity (Wildman–Crippen MR) is 98.5 cm³/mol. The summed E-state index contributed by atoms with van der Waals surface area (Å²) in [6, 6.07) is 14.5. The zero-order valence-corrected chi connectivity index (χ0v) is 14.9. The maximum Gasteiger partial charge on any atom is 0.344 e. The van der Waals surface area contributed by atoms with Gasteiger partial charge in [-0.3, -0.25) is 9.59 Å². The Morgan fingerprint density at radius 3 is 2.70 bits per heavy atom. The number of esters is 1. The van der Waals surface area contributed by atoms with E-state index in [2.05, 4.69) is 11.4 Å². The third-order valence-corrected chi connectivity index (χ3v) is 4.46. The summed E-state index contributed by atoms with van der Waals surface area (Å²) < 4.78 is 10.2. The topological polar surface area (TPSA) is 81.7 Å². The van der Waals surface area contributed by atoms with E-state index < -0.39 is 5.97 Å². The van der Waals surface area contributed by atoms with Gasteiger partial charge in [0.25, 0.3) is 5.91 Å². The van der Waals surface area contributed by atoms with Gasteiger partial charge in [0.15, 0.2) is 19.5 Å². The highest BCUT2D eigenvalue weighted by molar-refractivity contribution is 5.82. The third kappa shape index (κ3) is 4.94. The number of amides is 1. The number of aldehydes is 1. The first-order chi connectivity index (χ1) is 13.2. The first kappa shape index (κ1) is 18.6. The summed E-state index contributed by atoms with van der Waals surface area (Å²) in [6.07, 6.45) is 3.53. The van der Waals surface area contributed by atoms with E-state index in [-0.39, 0.29) is 25.2 Å². The predicted octanol–water partition coefficient (Wildman–Crippen LogP) is 2.61. The SMILES string of the molecule is O=Cc1ccccc1OCC(=O)OCC(=O)N[C@H]1CCCc2ccccc21. The van der Waals surface area contributed by atoms with Crippen LogP contribution in [0.2, 0.25) is 0 Å². The van der Waals surface area contributed by atoms with Gasteiger partial charge >= 0.3 is 5.97 Å². The van der Waals surface area contributed by atoms with Crippen LogP contribution in [0.5, 0.6) is 5.75 Å². The van der Waals surface area contributed by atoms with Crippen molar-refractivity contribution < 1.29 is 23.9 Å². The number of ether oxygens (including phenoxy) is 2. The Morgan fingerprint density at radius 2 is 1.85 bits per heavy atom. The summed E-state index contributed by atoms with van der Waals surface area (Å²) in [5, 5.41) is 2.92. The molecule has 1 amide bonds. The number of rotatable bonds is 7. The fourth-order valence-corrected chi connectivity index (χ4v) is 3.17. The molecule has 2 aromatic rings. The Morgan fingerprint density at radius 1 is 1.07 bits per heavy atom. The molecule has 2 aromatic carbocycles. The summed E-state index contributed by atoms with van der Waals surface area (Å²) in [7, 11) is 0. The molecule has 1 aliphatic carbocycles. The van der Waals surface area contributed by atoms with Gasteiger partial charge < -0.3 is 14.8 Å². The molecule has 27 heavy (non-hydrogen) atoms. The fourth-order valence-electron chi connectivity index (χ4n) is 3.17. The maximum absolute atomic E-state index is 12.1. The van der Waals surface area contributed by atoms with Crippen LogP contribution in [0.25, 0.3) is 0 Å². The van der Waals surface area contributed by atoms with Crippen molar-refractivity contribution in [2.75, 3.05) is 13.2 Å². The van der Waals surface area contributed by atoms with Crippen LogP contribution < -0.4 is 10.1 Å². The van der Waals surface area contributed by atoms with Crippen molar-refractivity contribution in [3.63, 3.8) is 0 Å². The number of nitrogens with one attached hydrogen (secondary N) is 1. The average Bonchev–Trinajstić information content (AvgIpc) is 2.71. The molecule has 0 saturated carbocycles. The minimum absolute atomic E-state index is 0.0585. The van der Waals surface area contributed by atoms with Gasteiger partial charge in [0.05, 0.1) is 11.6 Å². The summed E-state index contributed by atoms with van der Waals surface area (Å²) in [5.41, 5.74) is 2.71. The number of aryl methyl sites for hydroxylation is 1. The molecule has 0 saturated heterocycles. The molecule has 140 valence electrons. The molecule has 0 aliphatic heterocycles. The molecule has 1 N–H and O–H groups in total. The maximum atomic E-state index is 12.1. The number of hydrogen-bond donors (Lipinski definition) is 1. The molecule has 0 aromatic heterocycles. The van der Waals surface area contributed by atoms with Crippen LogP contribution in [-0.4, -0.2) is 31.4 Å². The quantitative estimate of drug-likeness (QED) is 0.601. The van der Waals surface area contributed by atoms with Gasteiger partial charge in [-0.05, 0) is 42.5 Å². The van der Waals surface area contributed by atoms with Crippen LogP contribution >= 0.6 is 0 Å². The van der Waals surface area contributed by atoms with E-state index in [9.17, 15) is 14.4 Å². The molecule has 3 rings (SSSR count). The van der Waals surface area contributed by atoms with E-state index in [4.69, 9.17) is 9.47 Å². The lowest BCUT2D eigenvalue weighted by atomic mass is 9.88. The molecule has 0 heterocycles.